The van der Waals surface area contributed by atoms with Crippen molar-refractivity contribution in [1.29, 1.82) is 0 Å². The zero-order valence-electron chi connectivity index (χ0n) is 16.6. The van der Waals surface area contributed by atoms with Crippen molar-refractivity contribution in [1.82, 2.24) is 5.32 Å². The van der Waals surface area contributed by atoms with Gasteiger partial charge in [0.15, 0.2) is 0 Å². The summed E-state index contributed by atoms with van der Waals surface area (Å²) in [5, 5.41) is 1.77. The summed E-state index contributed by atoms with van der Waals surface area (Å²) in [4.78, 5) is 12.1. The molecule has 3 aromatic carbocycles. The molecule has 168 valence electrons. The first-order valence-electron chi connectivity index (χ1n) is 9.29. The molecule has 0 aliphatic heterocycles. The van der Waals surface area contributed by atoms with Crippen molar-refractivity contribution >= 4 is 5.91 Å². The maximum Gasteiger partial charge on any atom is 0.417 e. The molecule has 0 heterocycles. The van der Waals surface area contributed by atoms with Crippen LogP contribution in [-0.4, -0.2) is 19.6 Å². The minimum Gasteiger partial charge on any atom is -0.497 e. The molecule has 3 aromatic rings. The van der Waals surface area contributed by atoms with E-state index in [2.05, 4.69) is 0 Å². The third-order valence-corrected chi connectivity index (χ3v) is 4.73. The number of carbonyl (C=O) groups is 1. The van der Waals surface area contributed by atoms with Crippen molar-refractivity contribution < 1.29 is 35.9 Å². The molecule has 3 rings (SSSR count). The molecule has 0 unspecified atom stereocenters. The summed E-state index contributed by atoms with van der Waals surface area (Å²) < 4.78 is 87.7. The van der Waals surface area contributed by atoms with Gasteiger partial charge in [-0.1, -0.05) is 30.3 Å². The summed E-state index contributed by atoms with van der Waals surface area (Å²) in [6.45, 7) is -1.38. The number of carbonyl (C=O) groups excluding carboxylic acids is 1. The highest BCUT2D eigenvalue weighted by atomic mass is 19.4. The van der Waals surface area contributed by atoms with Crippen molar-refractivity contribution in [2.45, 2.75) is 12.1 Å². The Morgan fingerprint density at radius 1 is 0.875 bits per heavy atom. The van der Waals surface area contributed by atoms with E-state index in [4.69, 9.17) is 4.74 Å². The topological polar surface area (TPSA) is 38.3 Å². The zero-order valence-corrected chi connectivity index (χ0v) is 16.6. The van der Waals surface area contributed by atoms with Gasteiger partial charge in [0.1, 0.15) is 11.6 Å². The van der Waals surface area contributed by atoms with Crippen LogP contribution >= 0.6 is 0 Å². The van der Waals surface area contributed by atoms with Crippen LogP contribution in [0.4, 0.5) is 26.3 Å². The minimum atomic E-state index is -4.83. The summed E-state index contributed by atoms with van der Waals surface area (Å²) in [7, 11) is 1.48. The second-order valence-corrected chi connectivity index (χ2v) is 6.85. The Hall–Kier alpha value is -3.49. The first-order valence-corrected chi connectivity index (χ1v) is 9.29. The van der Waals surface area contributed by atoms with Crippen molar-refractivity contribution in [2.24, 2.45) is 0 Å². The normalized spacial score (nSPS) is 11.8. The average Bonchev–Trinajstić information content (AvgIpc) is 2.76. The first kappa shape index (κ1) is 23.2. The van der Waals surface area contributed by atoms with Crippen LogP contribution in [-0.2, 0) is 12.1 Å². The molecule has 0 spiro atoms. The summed E-state index contributed by atoms with van der Waals surface area (Å²) in [5.41, 5.74) is -2.13. The molecule has 0 bridgehead atoms. The molecule has 0 aromatic heterocycles. The van der Waals surface area contributed by atoms with Crippen LogP contribution in [0.2, 0.25) is 0 Å². The van der Waals surface area contributed by atoms with Gasteiger partial charge in [-0.3, -0.25) is 4.79 Å². The lowest BCUT2D eigenvalue weighted by Gasteiger charge is -2.19. The van der Waals surface area contributed by atoms with Gasteiger partial charge in [0, 0.05) is 0 Å². The monoisotopic (exact) mass is 453 g/mol. The highest BCUT2D eigenvalue weighted by Crippen LogP contribution is 2.34. The number of rotatable bonds is 6. The van der Waals surface area contributed by atoms with Crippen molar-refractivity contribution in [3.05, 3.63) is 89.2 Å². The lowest BCUT2D eigenvalue weighted by atomic mass is 10.00. The first-order chi connectivity index (χ1) is 15.0. The van der Waals surface area contributed by atoms with E-state index in [1.54, 1.807) is 29.6 Å². The number of methoxy groups -OCH3 is 1. The third-order valence-electron chi connectivity index (χ3n) is 4.73. The number of hydrogen-bond acceptors (Lipinski definition) is 2. The van der Waals surface area contributed by atoms with Crippen LogP contribution < -0.4 is 10.1 Å². The summed E-state index contributed by atoms with van der Waals surface area (Å²) in [6.07, 6.45) is -4.83. The highest BCUT2D eigenvalue weighted by molar-refractivity contribution is 5.95. The summed E-state index contributed by atoms with van der Waals surface area (Å²) in [5.74, 6) is -5.84. The van der Waals surface area contributed by atoms with Crippen molar-refractivity contribution in [2.75, 3.05) is 13.7 Å². The fraction of sp³-hybridized carbons (Fsp3) is 0.174. The zero-order chi connectivity index (χ0) is 23.5. The number of hydrogen-bond donors (Lipinski definition) is 1. The second-order valence-electron chi connectivity index (χ2n) is 6.85. The Bertz CT molecular complexity index is 1110. The van der Waals surface area contributed by atoms with Crippen LogP contribution in [0.25, 0.3) is 11.1 Å². The van der Waals surface area contributed by atoms with Crippen LogP contribution in [0, 0.1) is 5.82 Å². The van der Waals surface area contributed by atoms with Gasteiger partial charge in [0.2, 0.25) is 0 Å². The Morgan fingerprint density at radius 3 is 2.09 bits per heavy atom. The molecule has 0 aliphatic rings. The highest BCUT2D eigenvalue weighted by Gasteiger charge is 2.38. The minimum absolute atomic E-state index is 0.341. The van der Waals surface area contributed by atoms with Crippen LogP contribution in [0.3, 0.4) is 0 Å². The number of nitrogens with one attached hydrogen (secondary N) is 1. The maximum absolute atomic E-state index is 14.6. The third kappa shape index (κ3) is 5.04. The fourth-order valence-electron chi connectivity index (χ4n) is 3.08. The molecule has 0 atom stereocenters. The van der Waals surface area contributed by atoms with Gasteiger partial charge >= 0.3 is 6.18 Å². The molecule has 0 aliphatic carbocycles. The van der Waals surface area contributed by atoms with E-state index in [1.165, 1.54) is 19.2 Å². The molecular weight excluding hydrogens is 436 g/mol. The molecule has 0 fully saturated rings. The van der Waals surface area contributed by atoms with E-state index in [9.17, 15) is 31.1 Å². The van der Waals surface area contributed by atoms with Gasteiger partial charge in [-0.15, -0.1) is 0 Å². The standard InChI is InChI=1S/C23H17F6NO2/c1-32-16-9-6-14(7-10-16)15-8-11-19(20(24)12-15)22(25,26)13-30-21(31)17-4-2-3-5-18(17)23(27,28)29/h2-12H,13H2,1H3,(H,30,31). The largest absolute Gasteiger partial charge is 0.497 e. The number of ether oxygens (including phenoxy) is 1. The average molecular weight is 453 g/mol. The van der Waals surface area contributed by atoms with Crippen molar-refractivity contribution in [3.63, 3.8) is 0 Å². The SMILES string of the molecule is COc1ccc(-c2ccc(C(F)(F)CNC(=O)c3ccccc3C(F)(F)F)c(F)c2)cc1. The van der Waals surface area contributed by atoms with E-state index in [0.717, 1.165) is 24.3 Å². The molecule has 0 radical (unpaired) electrons. The summed E-state index contributed by atoms with van der Waals surface area (Å²) in [6, 6.07) is 13.4. The van der Waals surface area contributed by atoms with Crippen LogP contribution in [0.15, 0.2) is 66.7 Å². The summed E-state index contributed by atoms with van der Waals surface area (Å²) >= 11 is 0. The van der Waals surface area contributed by atoms with Crippen LogP contribution in [0.1, 0.15) is 21.5 Å². The van der Waals surface area contributed by atoms with Gasteiger partial charge in [-0.25, -0.2) is 4.39 Å². The Balaban J connectivity index is 1.77. The van der Waals surface area contributed by atoms with E-state index in [1.807, 2.05) is 0 Å². The molecule has 0 saturated heterocycles. The molecule has 1 N–H and O–H groups in total. The molecular formula is C23H17F6NO2. The smallest absolute Gasteiger partial charge is 0.417 e. The van der Waals surface area contributed by atoms with Crippen molar-refractivity contribution in [3.8, 4) is 16.9 Å². The molecule has 32 heavy (non-hydrogen) atoms. The van der Waals surface area contributed by atoms with Gasteiger partial charge < -0.3 is 10.1 Å². The number of amides is 1. The van der Waals surface area contributed by atoms with E-state index in [-0.39, 0.29) is 0 Å². The maximum atomic E-state index is 14.6. The lowest BCUT2D eigenvalue weighted by molar-refractivity contribution is -0.137. The number of alkyl halides is 5. The quantitative estimate of drug-likeness (QED) is 0.462. The molecule has 3 nitrogen and oxygen atoms in total. The Labute approximate surface area is 179 Å². The van der Waals surface area contributed by atoms with Gasteiger partial charge in [0.25, 0.3) is 11.8 Å². The number of halogens is 6. The predicted molar refractivity (Wildman–Crippen MR) is 106 cm³/mol. The van der Waals surface area contributed by atoms with Gasteiger partial charge in [0.05, 0.1) is 30.3 Å². The van der Waals surface area contributed by atoms with Crippen LogP contribution in [0.5, 0.6) is 5.75 Å². The van der Waals surface area contributed by atoms with E-state index < -0.39 is 47.1 Å². The Morgan fingerprint density at radius 2 is 1.50 bits per heavy atom. The molecule has 1 amide bonds. The molecule has 9 heteroatoms. The Kier molecular flexibility index (Phi) is 6.47. The van der Waals surface area contributed by atoms with Gasteiger partial charge in [-0.2, -0.15) is 22.0 Å². The fourth-order valence-corrected chi connectivity index (χ4v) is 3.08. The molecule has 0 saturated carbocycles. The number of benzene rings is 3. The second kappa shape index (κ2) is 8.94. The predicted octanol–water partition coefficient (Wildman–Crippen LogP) is 6.04. The van der Waals surface area contributed by atoms with Gasteiger partial charge in [-0.05, 0) is 47.5 Å². The van der Waals surface area contributed by atoms with E-state index >= 15 is 0 Å². The lowest BCUT2D eigenvalue weighted by Crippen LogP contribution is -2.36. The van der Waals surface area contributed by atoms with E-state index in [0.29, 0.717) is 22.9 Å².